The van der Waals surface area contributed by atoms with Gasteiger partial charge < -0.3 is 4.74 Å². The van der Waals surface area contributed by atoms with E-state index in [-0.39, 0.29) is 0 Å². The summed E-state index contributed by atoms with van der Waals surface area (Å²) in [5.41, 5.74) is -0.641. The number of hydrogen-bond acceptors (Lipinski definition) is 2. The van der Waals surface area contributed by atoms with Gasteiger partial charge in [-0.2, -0.15) is 0 Å². The molecule has 9 heavy (non-hydrogen) atoms. The van der Waals surface area contributed by atoms with Crippen LogP contribution in [0.15, 0.2) is 0 Å². The molecule has 52 valence electrons. The Morgan fingerprint density at radius 3 is 2.22 bits per heavy atom. The molecule has 1 rings (SSSR count). The van der Waals surface area contributed by atoms with Gasteiger partial charge in [0.25, 0.3) is 6.47 Å². The Hall–Kier alpha value is 0.0500. The van der Waals surface area contributed by atoms with E-state index in [2.05, 4.69) is 4.74 Å². The SMILES string of the molecule is CC1(OC=O)CC1(Cl)Cl. The zero-order valence-electron chi connectivity index (χ0n) is 4.86. The van der Waals surface area contributed by atoms with Crippen LogP contribution in [0.4, 0.5) is 0 Å². The fourth-order valence-electron chi connectivity index (χ4n) is 0.614. The van der Waals surface area contributed by atoms with Crippen molar-refractivity contribution in [1.82, 2.24) is 0 Å². The Balaban J connectivity index is 2.52. The monoisotopic (exact) mass is 168 g/mol. The summed E-state index contributed by atoms with van der Waals surface area (Å²) >= 11 is 11.2. The molecule has 0 aromatic heterocycles. The van der Waals surface area contributed by atoms with Gasteiger partial charge in [0.2, 0.25) is 0 Å². The van der Waals surface area contributed by atoms with Gasteiger partial charge in [-0.05, 0) is 6.92 Å². The summed E-state index contributed by atoms with van der Waals surface area (Å²) in [6.07, 6.45) is 0.516. The van der Waals surface area contributed by atoms with E-state index in [0.717, 1.165) is 0 Å². The third kappa shape index (κ3) is 1.01. The van der Waals surface area contributed by atoms with Crippen LogP contribution in [0.2, 0.25) is 0 Å². The van der Waals surface area contributed by atoms with E-state index in [9.17, 15) is 4.79 Å². The van der Waals surface area contributed by atoms with Gasteiger partial charge in [0.05, 0.1) is 0 Å². The second-order valence-corrected chi connectivity index (χ2v) is 3.81. The van der Waals surface area contributed by atoms with Crippen molar-refractivity contribution in [2.24, 2.45) is 0 Å². The van der Waals surface area contributed by atoms with Crippen molar-refractivity contribution >= 4 is 29.7 Å². The molecule has 0 amide bonds. The maximum absolute atomic E-state index is 9.81. The average Bonchev–Trinajstić information content (AvgIpc) is 2.07. The van der Waals surface area contributed by atoms with E-state index in [0.29, 0.717) is 12.9 Å². The molecule has 1 fully saturated rings. The first-order chi connectivity index (χ1) is 4.02. The molecular weight excluding hydrogens is 163 g/mol. The summed E-state index contributed by atoms with van der Waals surface area (Å²) in [7, 11) is 0. The van der Waals surface area contributed by atoms with Gasteiger partial charge in [0.1, 0.15) is 5.60 Å². The lowest BCUT2D eigenvalue weighted by molar-refractivity contribution is -0.134. The minimum atomic E-state index is -0.853. The number of carbonyl (C=O) groups is 1. The Bertz CT molecular complexity index is 146. The van der Waals surface area contributed by atoms with Gasteiger partial charge in [-0.3, -0.25) is 4.79 Å². The normalized spacial score (nSPS) is 37.7. The van der Waals surface area contributed by atoms with Crippen molar-refractivity contribution < 1.29 is 9.53 Å². The molecular formula is C5H6Cl2O2. The zero-order valence-corrected chi connectivity index (χ0v) is 6.37. The second kappa shape index (κ2) is 1.77. The smallest absolute Gasteiger partial charge is 0.293 e. The van der Waals surface area contributed by atoms with Crippen LogP contribution in [0.25, 0.3) is 0 Å². The molecule has 0 aromatic carbocycles. The molecule has 0 radical (unpaired) electrons. The maximum Gasteiger partial charge on any atom is 0.293 e. The molecule has 1 saturated carbocycles. The summed E-state index contributed by atoms with van der Waals surface area (Å²) in [5, 5.41) is 0. The number of halogens is 2. The maximum atomic E-state index is 9.81. The lowest BCUT2D eigenvalue weighted by Crippen LogP contribution is -2.15. The Morgan fingerprint density at radius 2 is 2.11 bits per heavy atom. The van der Waals surface area contributed by atoms with Gasteiger partial charge in [-0.15, -0.1) is 0 Å². The Morgan fingerprint density at radius 1 is 1.67 bits per heavy atom. The van der Waals surface area contributed by atoms with E-state index in [1.807, 2.05) is 0 Å². The van der Waals surface area contributed by atoms with Crippen molar-refractivity contribution in [3.63, 3.8) is 0 Å². The second-order valence-electron chi connectivity index (χ2n) is 2.33. The highest BCUT2D eigenvalue weighted by Crippen LogP contribution is 2.58. The van der Waals surface area contributed by atoms with Crippen LogP contribution in [-0.4, -0.2) is 16.4 Å². The number of ether oxygens (including phenoxy) is 1. The minimum absolute atomic E-state index is 0.368. The topological polar surface area (TPSA) is 26.3 Å². The van der Waals surface area contributed by atoms with Gasteiger partial charge in [0, 0.05) is 6.42 Å². The standard InChI is InChI=1S/C5H6Cl2O2/c1-4(9-3-8)2-5(4,6)7/h3H,2H2,1H3. The van der Waals surface area contributed by atoms with Crippen LogP contribution in [0.5, 0.6) is 0 Å². The van der Waals surface area contributed by atoms with Crippen LogP contribution >= 0.6 is 23.2 Å². The number of carbonyl (C=O) groups excluding carboxylic acids is 1. The van der Waals surface area contributed by atoms with Gasteiger partial charge in [-0.1, -0.05) is 23.2 Å². The van der Waals surface area contributed by atoms with E-state index >= 15 is 0 Å². The molecule has 1 unspecified atom stereocenters. The Kier molecular flexibility index (Phi) is 1.41. The highest BCUT2D eigenvalue weighted by molar-refractivity contribution is 6.52. The predicted octanol–water partition coefficient (Wildman–Crippen LogP) is 1.50. The lowest BCUT2D eigenvalue weighted by atomic mass is 10.4. The molecule has 2 nitrogen and oxygen atoms in total. The van der Waals surface area contributed by atoms with Crippen LogP contribution in [0.1, 0.15) is 13.3 Å². The molecule has 0 aliphatic heterocycles. The molecule has 0 spiro atoms. The number of hydrogen-bond donors (Lipinski definition) is 0. The summed E-state index contributed by atoms with van der Waals surface area (Å²) in [6.45, 7) is 2.06. The highest BCUT2D eigenvalue weighted by Gasteiger charge is 2.66. The molecule has 0 N–H and O–H groups in total. The zero-order chi connectivity index (χ0) is 7.12. The summed E-state index contributed by atoms with van der Waals surface area (Å²) in [6, 6.07) is 0. The molecule has 0 aromatic rings. The number of alkyl halides is 2. The molecule has 0 saturated heterocycles. The van der Waals surface area contributed by atoms with Crippen molar-refractivity contribution in [2.75, 3.05) is 0 Å². The highest BCUT2D eigenvalue weighted by atomic mass is 35.5. The summed E-state index contributed by atoms with van der Waals surface area (Å²) in [5.74, 6) is 0. The van der Waals surface area contributed by atoms with Crippen LogP contribution in [-0.2, 0) is 9.53 Å². The molecule has 0 heterocycles. The quantitative estimate of drug-likeness (QED) is 0.462. The molecule has 4 heteroatoms. The average molecular weight is 169 g/mol. The molecule has 0 bridgehead atoms. The molecule has 1 atom stereocenters. The number of rotatable bonds is 2. The Labute approximate surface area is 63.1 Å². The van der Waals surface area contributed by atoms with E-state index < -0.39 is 9.93 Å². The van der Waals surface area contributed by atoms with Crippen LogP contribution in [0.3, 0.4) is 0 Å². The van der Waals surface area contributed by atoms with Gasteiger partial charge >= 0.3 is 0 Å². The van der Waals surface area contributed by atoms with Crippen LogP contribution in [0, 0.1) is 0 Å². The van der Waals surface area contributed by atoms with Crippen molar-refractivity contribution in [2.45, 2.75) is 23.3 Å². The summed E-state index contributed by atoms with van der Waals surface area (Å²) < 4.78 is 3.76. The lowest BCUT2D eigenvalue weighted by Gasteiger charge is -2.07. The van der Waals surface area contributed by atoms with E-state index in [1.54, 1.807) is 6.92 Å². The first-order valence-electron chi connectivity index (χ1n) is 2.51. The van der Waals surface area contributed by atoms with Crippen LogP contribution < -0.4 is 0 Å². The predicted molar refractivity (Wildman–Crippen MR) is 34.6 cm³/mol. The summed E-state index contributed by atoms with van der Waals surface area (Å²) in [4.78, 5) is 9.81. The molecule has 1 aliphatic rings. The van der Waals surface area contributed by atoms with E-state index in [1.165, 1.54) is 0 Å². The third-order valence-electron chi connectivity index (χ3n) is 1.52. The van der Waals surface area contributed by atoms with Gasteiger partial charge in [0.15, 0.2) is 4.33 Å². The minimum Gasteiger partial charge on any atom is -0.458 e. The molecule has 1 aliphatic carbocycles. The van der Waals surface area contributed by atoms with E-state index in [4.69, 9.17) is 23.2 Å². The fourth-order valence-corrected chi connectivity index (χ4v) is 1.21. The fraction of sp³-hybridized carbons (Fsp3) is 0.800. The van der Waals surface area contributed by atoms with Gasteiger partial charge in [-0.25, -0.2) is 0 Å². The van der Waals surface area contributed by atoms with Crippen molar-refractivity contribution in [3.05, 3.63) is 0 Å². The first-order valence-corrected chi connectivity index (χ1v) is 3.27. The third-order valence-corrected chi connectivity index (χ3v) is 2.58. The first kappa shape index (κ1) is 7.16. The van der Waals surface area contributed by atoms with Crippen molar-refractivity contribution in [1.29, 1.82) is 0 Å². The van der Waals surface area contributed by atoms with Crippen molar-refractivity contribution in [3.8, 4) is 0 Å². The largest absolute Gasteiger partial charge is 0.458 e.